The van der Waals surface area contributed by atoms with Crippen molar-refractivity contribution in [1.82, 2.24) is 0 Å². The first-order valence-corrected chi connectivity index (χ1v) is 9.98. The van der Waals surface area contributed by atoms with E-state index in [1.807, 2.05) is 18.2 Å². The highest BCUT2D eigenvalue weighted by atomic mass is 16.7. The lowest BCUT2D eigenvalue weighted by Crippen LogP contribution is -3.14. The molecule has 4 rings (SSSR count). The Kier molecular flexibility index (Phi) is 4.95. The molecule has 1 spiro atoms. The van der Waals surface area contributed by atoms with Crippen LogP contribution in [0.4, 0.5) is 5.69 Å². The van der Waals surface area contributed by atoms with E-state index in [2.05, 4.69) is 5.32 Å². The molecule has 0 radical (unpaired) electrons. The largest absolute Gasteiger partial charge is 0.448 e. The number of likely N-dealkylation sites (tertiary alicyclic amines) is 1. The molecule has 0 unspecified atom stereocenters. The Balaban J connectivity index is 1.31. The van der Waals surface area contributed by atoms with Gasteiger partial charge in [0.1, 0.15) is 0 Å². The fourth-order valence-electron chi connectivity index (χ4n) is 4.39. The van der Waals surface area contributed by atoms with Crippen LogP contribution in [-0.2, 0) is 9.59 Å². The van der Waals surface area contributed by atoms with E-state index in [1.165, 1.54) is 11.3 Å². The molecular formula is C20H28N3O4+. The molecule has 0 atom stereocenters. The minimum Gasteiger partial charge on any atom is -0.448 e. The molecule has 3 aliphatic rings. The number of nitrogens with two attached hydrogens (primary N) is 1. The average Bonchev–Trinajstić information content (AvgIpc) is 2.99. The smallest absolute Gasteiger partial charge is 0.279 e. The maximum absolute atomic E-state index is 12.4. The number of hydrogen-bond donors (Lipinski definition) is 3. The summed E-state index contributed by atoms with van der Waals surface area (Å²) in [6.45, 7) is 1.99. The van der Waals surface area contributed by atoms with Crippen LogP contribution in [0.1, 0.15) is 44.9 Å². The summed E-state index contributed by atoms with van der Waals surface area (Å²) in [6.07, 6.45) is 6.79. The van der Waals surface area contributed by atoms with E-state index >= 15 is 0 Å². The minimum absolute atomic E-state index is 0.0335. The molecule has 2 amide bonds. The van der Waals surface area contributed by atoms with Crippen LogP contribution in [0.5, 0.6) is 11.5 Å². The number of benzene rings is 1. The Bertz CT molecular complexity index is 722. The second kappa shape index (κ2) is 7.38. The maximum Gasteiger partial charge on any atom is 0.279 e. The minimum atomic E-state index is -0.502. The molecule has 0 aromatic heterocycles. The van der Waals surface area contributed by atoms with E-state index in [1.54, 1.807) is 0 Å². The van der Waals surface area contributed by atoms with Gasteiger partial charge in [-0.15, -0.1) is 0 Å². The molecule has 1 aromatic rings. The normalized spacial score (nSPS) is 25.9. The van der Waals surface area contributed by atoms with Crippen molar-refractivity contribution in [2.75, 3.05) is 25.0 Å². The highest BCUT2D eigenvalue weighted by Crippen LogP contribution is 2.46. The Hall–Kier alpha value is -2.28. The van der Waals surface area contributed by atoms with Gasteiger partial charge in [0.25, 0.3) is 11.7 Å². The molecule has 1 aromatic carbocycles. The van der Waals surface area contributed by atoms with Gasteiger partial charge in [-0.2, -0.15) is 0 Å². The van der Waals surface area contributed by atoms with Crippen LogP contribution >= 0.6 is 0 Å². The molecule has 1 saturated heterocycles. The summed E-state index contributed by atoms with van der Waals surface area (Å²) in [5.41, 5.74) is 6.09. The third kappa shape index (κ3) is 4.03. The molecule has 1 saturated carbocycles. The predicted molar refractivity (Wildman–Crippen MR) is 99.6 cm³/mol. The van der Waals surface area contributed by atoms with Gasteiger partial charge in [-0.25, -0.2) is 0 Å². The van der Waals surface area contributed by atoms with E-state index in [0.717, 1.165) is 63.1 Å². The summed E-state index contributed by atoms with van der Waals surface area (Å²) in [6, 6.07) is 5.58. The van der Waals surface area contributed by atoms with Crippen LogP contribution in [0.25, 0.3) is 0 Å². The molecule has 7 heteroatoms. The molecule has 146 valence electrons. The van der Waals surface area contributed by atoms with Crippen molar-refractivity contribution in [3.05, 3.63) is 18.2 Å². The molecule has 0 bridgehead atoms. The molecule has 2 aliphatic heterocycles. The van der Waals surface area contributed by atoms with Crippen LogP contribution in [0.15, 0.2) is 18.2 Å². The highest BCUT2D eigenvalue weighted by molar-refractivity contribution is 5.91. The number of fused-ring (bicyclic) bond motifs is 1. The zero-order chi connectivity index (χ0) is 18.9. The number of anilines is 1. The van der Waals surface area contributed by atoms with Crippen molar-refractivity contribution in [3.63, 3.8) is 0 Å². The summed E-state index contributed by atoms with van der Waals surface area (Å²) < 4.78 is 12.2. The van der Waals surface area contributed by atoms with Gasteiger partial charge in [-0.05, 0) is 25.0 Å². The Morgan fingerprint density at radius 1 is 1.11 bits per heavy atom. The number of carbonyl (C=O) groups is 2. The van der Waals surface area contributed by atoms with Gasteiger partial charge in [-0.1, -0.05) is 6.42 Å². The third-order valence-corrected chi connectivity index (χ3v) is 5.94. The lowest BCUT2D eigenvalue weighted by molar-refractivity contribution is -0.897. The molecular weight excluding hydrogens is 346 g/mol. The number of rotatable bonds is 4. The summed E-state index contributed by atoms with van der Waals surface area (Å²) in [5, 5.41) is 2.96. The van der Waals surface area contributed by atoms with E-state index in [-0.39, 0.29) is 17.7 Å². The van der Waals surface area contributed by atoms with Crippen molar-refractivity contribution >= 4 is 17.5 Å². The summed E-state index contributed by atoms with van der Waals surface area (Å²) in [7, 11) is 0. The number of amides is 2. The van der Waals surface area contributed by atoms with Gasteiger partial charge >= 0.3 is 0 Å². The van der Waals surface area contributed by atoms with Crippen LogP contribution in [0.2, 0.25) is 0 Å². The van der Waals surface area contributed by atoms with Crippen molar-refractivity contribution in [1.29, 1.82) is 0 Å². The fourth-order valence-corrected chi connectivity index (χ4v) is 4.39. The van der Waals surface area contributed by atoms with Crippen molar-refractivity contribution in [3.8, 4) is 11.5 Å². The molecule has 27 heavy (non-hydrogen) atoms. The Morgan fingerprint density at radius 3 is 2.52 bits per heavy atom. The summed E-state index contributed by atoms with van der Waals surface area (Å²) >= 11 is 0. The standard InChI is InChI=1S/C20H27N3O4/c21-19(25)14-6-10-23(11-7-14)13-18(24)22-15-4-5-16-17(12-15)27-20(26-16)8-2-1-3-9-20/h4-5,12,14H,1-3,6-11,13H2,(H2,21,25)(H,22,24)/p+1. The number of primary amides is 1. The molecule has 2 heterocycles. The number of quaternary nitrogens is 1. The third-order valence-electron chi connectivity index (χ3n) is 5.94. The molecule has 2 fully saturated rings. The van der Waals surface area contributed by atoms with Gasteiger partial charge in [-0.3, -0.25) is 9.59 Å². The summed E-state index contributed by atoms with van der Waals surface area (Å²) in [5.74, 6) is 0.664. The van der Waals surface area contributed by atoms with Gasteiger partial charge in [0.05, 0.1) is 13.1 Å². The fraction of sp³-hybridized carbons (Fsp3) is 0.600. The number of nitrogens with one attached hydrogen (secondary N) is 2. The highest BCUT2D eigenvalue weighted by Gasteiger charge is 2.42. The van der Waals surface area contributed by atoms with Crippen molar-refractivity contribution < 1.29 is 24.0 Å². The SMILES string of the molecule is NC(=O)C1CC[NH+](CC(=O)Nc2ccc3c(c2)OC2(CCCCC2)O3)CC1. The molecule has 4 N–H and O–H groups in total. The van der Waals surface area contributed by atoms with E-state index < -0.39 is 5.79 Å². The van der Waals surface area contributed by atoms with Crippen molar-refractivity contribution in [2.24, 2.45) is 11.7 Å². The Labute approximate surface area is 159 Å². The van der Waals surface area contributed by atoms with Gasteiger partial charge in [0, 0.05) is 43.4 Å². The van der Waals surface area contributed by atoms with Crippen LogP contribution in [0.3, 0.4) is 0 Å². The monoisotopic (exact) mass is 374 g/mol. The zero-order valence-corrected chi connectivity index (χ0v) is 15.6. The van der Waals surface area contributed by atoms with Crippen molar-refractivity contribution in [2.45, 2.75) is 50.7 Å². The summed E-state index contributed by atoms with van der Waals surface area (Å²) in [4.78, 5) is 24.8. The second-order valence-corrected chi connectivity index (χ2v) is 7.99. The van der Waals surface area contributed by atoms with Gasteiger partial charge in [0.2, 0.25) is 5.91 Å². The van der Waals surface area contributed by atoms with Crippen LogP contribution in [0, 0.1) is 5.92 Å². The van der Waals surface area contributed by atoms with Gasteiger partial charge < -0.3 is 25.4 Å². The van der Waals surface area contributed by atoms with E-state index in [0.29, 0.717) is 12.3 Å². The Morgan fingerprint density at radius 2 is 1.81 bits per heavy atom. The first-order valence-electron chi connectivity index (χ1n) is 9.98. The molecule has 1 aliphatic carbocycles. The van der Waals surface area contributed by atoms with E-state index in [9.17, 15) is 9.59 Å². The van der Waals surface area contributed by atoms with Gasteiger partial charge in [0.15, 0.2) is 18.0 Å². The topological polar surface area (TPSA) is 95.1 Å². The predicted octanol–water partition coefficient (Wildman–Crippen LogP) is 0.837. The first-order chi connectivity index (χ1) is 13.0. The number of carbonyl (C=O) groups excluding carboxylic acids is 2. The number of hydrogen-bond acceptors (Lipinski definition) is 4. The second-order valence-electron chi connectivity index (χ2n) is 7.99. The average molecular weight is 374 g/mol. The van der Waals surface area contributed by atoms with E-state index in [4.69, 9.17) is 15.2 Å². The quantitative estimate of drug-likeness (QED) is 0.728. The number of ether oxygens (including phenoxy) is 2. The maximum atomic E-state index is 12.4. The number of piperidine rings is 1. The zero-order valence-electron chi connectivity index (χ0n) is 15.6. The molecule has 7 nitrogen and oxygen atoms in total. The van der Waals surface area contributed by atoms with Crippen LogP contribution < -0.4 is 25.4 Å². The lowest BCUT2D eigenvalue weighted by Gasteiger charge is -2.31. The lowest BCUT2D eigenvalue weighted by atomic mass is 9.94. The first kappa shape index (κ1) is 18.1. The van der Waals surface area contributed by atoms with Crippen LogP contribution in [-0.4, -0.2) is 37.2 Å².